The normalized spacial score (nSPS) is 20.9. The van der Waals surface area contributed by atoms with Crippen molar-refractivity contribution in [3.05, 3.63) is 59.7 Å². The van der Waals surface area contributed by atoms with Gasteiger partial charge in [0.1, 0.15) is 6.10 Å². The Morgan fingerprint density at radius 1 is 1.11 bits per heavy atom. The molecular formula is C32H42N4O7S. The maximum absolute atomic E-state index is 13.1. The summed E-state index contributed by atoms with van der Waals surface area (Å²) in [7, 11) is 0. The van der Waals surface area contributed by atoms with Crippen LogP contribution in [0.2, 0.25) is 0 Å². The fourth-order valence-electron chi connectivity index (χ4n) is 5.77. The van der Waals surface area contributed by atoms with E-state index in [0.29, 0.717) is 43.8 Å². The van der Waals surface area contributed by atoms with Crippen LogP contribution in [-0.2, 0) is 31.9 Å². The predicted octanol–water partition coefficient (Wildman–Crippen LogP) is 4.78. The molecule has 3 N–H and O–H groups in total. The van der Waals surface area contributed by atoms with Gasteiger partial charge in [0.2, 0.25) is 0 Å². The molecule has 2 aromatic carbocycles. The molecule has 5 unspecified atom stereocenters. The van der Waals surface area contributed by atoms with Crippen LogP contribution in [0.25, 0.3) is 10.2 Å². The second kappa shape index (κ2) is 15.1. The number of aromatic nitrogens is 1. The van der Waals surface area contributed by atoms with Crippen molar-refractivity contribution in [2.45, 2.75) is 64.7 Å². The van der Waals surface area contributed by atoms with E-state index >= 15 is 0 Å². The number of hydrogen-bond acceptors (Lipinski definition) is 10. The minimum Gasteiger partial charge on any atom is -0.450 e. The van der Waals surface area contributed by atoms with Crippen molar-refractivity contribution < 1.29 is 33.6 Å². The molecule has 2 saturated heterocycles. The molecule has 3 heterocycles. The number of fused-ring (bicyclic) bond motifs is 2. The van der Waals surface area contributed by atoms with E-state index in [1.807, 2.05) is 42.5 Å². The Morgan fingerprint density at radius 3 is 2.70 bits per heavy atom. The fraction of sp³-hybridized carbons (Fsp3) is 0.531. The van der Waals surface area contributed by atoms with E-state index in [4.69, 9.17) is 18.9 Å². The quantitative estimate of drug-likeness (QED) is 0.245. The minimum absolute atomic E-state index is 0.0349. The summed E-state index contributed by atoms with van der Waals surface area (Å²) >= 11 is 1.38. The van der Waals surface area contributed by atoms with Crippen LogP contribution < -0.4 is 10.6 Å². The third kappa shape index (κ3) is 8.66. The number of carbonyl (C=O) groups is 2. The van der Waals surface area contributed by atoms with Crippen LogP contribution in [0, 0.1) is 11.8 Å². The highest BCUT2D eigenvalue weighted by molar-refractivity contribution is 7.22. The largest absolute Gasteiger partial charge is 0.450 e. The number of aliphatic hydroxyl groups is 1. The Kier molecular flexibility index (Phi) is 11.0. The summed E-state index contributed by atoms with van der Waals surface area (Å²) in [6, 6.07) is 15.2. The average molecular weight is 627 g/mol. The lowest BCUT2D eigenvalue weighted by Crippen LogP contribution is -2.50. The Morgan fingerprint density at radius 2 is 1.93 bits per heavy atom. The summed E-state index contributed by atoms with van der Waals surface area (Å²) < 4.78 is 22.9. The van der Waals surface area contributed by atoms with E-state index < -0.39 is 24.3 Å². The zero-order valence-electron chi connectivity index (χ0n) is 25.4. The summed E-state index contributed by atoms with van der Waals surface area (Å²) in [4.78, 5) is 31.6. The van der Waals surface area contributed by atoms with Crippen LogP contribution in [0.1, 0.15) is 38.3 Å². The zero-order chi connectivity index (χ0) is 31.1. The molecule has 0 aliphatic carbocycles. The molecule has 12 heteroatoms. The maximum Gasteiger partial charge on any atom is 0.413 e. The number of ether oxygens (including phenoxy) is 4. The first-order valence-corrected chi connectivity index (χ1v) is 16.1. The number of nitrogens with one attached hydrogen (secondary N) is 2. The van der Waals surface area contributed by atoms with Gasteiger partial charge in [0.05, 0.1) is 48.1 Å². The van der Waals surface area contributed by atoms with E-state index in [1.54, 1.807) is 6.92 Å². The van der Waals surface area contributed by atoms with Crippen molar-refractivity contribution in [1.82, 2.24) is 15.2 Å². The van der Waals surface area contributed by atoms with Crippen LogP contribution in [0.5, 0.6) is 0 Å². The van der Waals surface area contributed by atoms with Gasteiger partial charge in [0.25, 0.3) is 0 Å². The van der Waals surface area contributed by atoms with E-state index in [-0.39, 0.29) is 24.9 Å². The summed E-state index contributed by atoms with van der Waals surface area (Å²) in [5.74, 6) is 0.386. The van der Waals surface area contributed by atoms with Gasteiger partial charge in [-0.3, -0.25) is 10.2 Å². The molecular weight excluding hydrogens is 584 g/mol. The van der Waals surface area contributed by atoms with Crippen molar-refractivity contribution in [2.24, 2.45) is 11.8 Å². The van der Waals surface area contributed by atoms with E-state index in [0.717, 1.165) is 34.3 Å². The molecule has 2 fully saturated rings. The number of amides is 2. The molecule has 1 aromatic heterocycles. The Bertz CT molecular complexity index is 1390. The summed E-state index contributed by atoms with van der Waals surface area (Å²) in [6.45, 7) is 8.90. The van der Waals surface area contributed by atoms with Crippen molar-refractivity contribution in [3.8, 4) is 0 Å². The molecule has 2 aliphatic heterocycles. The highest BCUT2D eigenvalue weighted by Crippen LogP contribution is 2.33. The van der Waals surface area contributed by atoms with Crippen molar-refractivity contribution >= 4 is 38.9 Å². The summed E-state index contributed by atoms with van der Waals surface area (Å²) in [6.07, 6.45) is -1.40. The van der Waals surface area contributed by atoms with E-state index in [1.165, 1.54) is 11.3 Å². The van der Waals surface area contributed by atoms with Crippen molar-refractivity contribution in [3.63, 3.8) is 0 Å². The van der Waals surface area contributed by atoms with Crippen LogP contribution in [0.15, 0.2) is 48.5 Å². The Balaban J connectivity index is 1.26. The molecule has 238 valence electrons. The van der Waals surface area contributed by atoms with E-state index in [9.17, 15) is 14.7 Å². The predicted molar refractivity (Wildman–Crippen MR) is 168 cm³/mol. The third-order valence-corrected chi connectivity index (χ3v) is 8.66. The van der Waals surface area contributed by atoms with Crippen LogP contribution in [-0.4, -0.2) is 84.6 Å². The molecule has 0 radical (unpaired) electrons. The second-order valence-corrected chi connectivity index (χ2v) is 12.8. The molecule has 11 nitrogen and oxygen atoms in total. The van der Waals surface area contributed by atoms with E-state index in [2.05, 4.69) is 40.4 Å². The van der Waals surface area contributed by atoms with Gasteiger partial charge in [-0.05, 0) is 48.9 Å². The molecule has 5 atom stereocenters. The lowest BCUT2D eigenvalue weighted by Gasteiger charge is -2.31. The van der Waals surface area contributed by atoms with Crippen LogP contribution >= 0.6 is 11.3 Å². The fourth-order valence-corrected chi connectivity index (χ4v) is 6.68. The maximum atomic E-state index is 13.1. The monoisotopic (exact) mass is 626 g/mol. The first-order chi connectivity index (χ1) is 21.3. The third-order valence-electron chi connectivity index (χ3n) is 7.72. The Hall–Kier alpha value is -3.29. The van der Waals surface area contributed by atoms with Gasteiger partial charge in [0.15, 0.2) is 11.4 Å². The second-order valence-electron chi connectivity index (χ2n) is 11.7. The van der Waals surface area contributed by atoms with Gasteiger partial charge >= 0.3 is 12.2 Å². The molecule has 2 amide bonds. The van der Waals surface area contributed by atoms with Crippen LogP contribution in [0.4, 0.5) is 14.7 Å². The van der Waals surface area contributed by atoms with Gasteiger partial charge in [-0.2, -0.15) is 0 Å². The number of aliphatic hydroxyl groups excluding tert-OH is 1. The lowest BCUT2D eigenvalue weighted by molar-refractivity contribution is -0.0907. The number of hydrogen-bond donors (Lipinski definition) is 3. The summed E-state index contributed by atoms with van der Waals surface area (Å²) in [5.41, 5.74) is 2.84. The standard InChI is InChI=1S/C32H42N4O7S/c1-4-40-31(38)35-30-33-24-11-10-22(15-28(24)44-30)17-36(16-20(2)3)18-26(37)25(14-21-8-6-5-7-9-21)34-32(39)43-27-19-42-29-23(27)12-13-41-29/h5-11,15,20,23,25-27,29,37H,4,12-14,16-19H2,1-3H3,(H,34,39)(H,33,35,38). The molecule has 5 rings (SSSR count). The topological polar surface area (TPSA) is 131 Å². The average Bonchev–Trinajstić information content (AvgIpc) is 3.70. The van der Waals surface area contributed by atoms with Gasteiger partial charge in [-0.25, -0.2) is 14.6 Å². The van der Waals surface area contributed by atoms with Gasteiger partial charge in [0, 0.05) is 19.6 Å². The SMILES string of the molecule is CCOC(=O)Nc1nc2ccc(CN(CC(C)C)CC(O)C(Cc3ccccc3)NC(=O)OC3COC4OCCC34)cc2s1. The smallest absolute Gasteiger partial charge is 0.413 e. The van der Waals surface area contributed by atoms with Gasteiger partial charge in [-0.1, -0.05) is 61.6 Å². The summed E-state index contributed by atoms with van der Waals surface area (Å²) in [5, 5.41) is 17.7. The number of thiazole rings is 1. The number of alkyl carbamates (subject to hydrolysis) is 1. The van der Waals surface area contributed by atoms with Crippen molar-refractivity contribution in [1.29, 1.82) is 0 Å². The molecule has 44 heavy (non-hydrogen) atoms. The number of anilines is 1. The number of carbonyl (C=O) groups excluding carboxylic acids is 2. The molecule has 0 saturated carbocycles. The van der Waals surface area contributed by atoms with Gasteiger partial charge in [-0.15, -0.1) is 0 Å². The highest BCUT2D eigenvalue weighted by atomic mass is 32.1. The first-order valence-electron chi connectivity index (χ1n) is 15.2. The molecule has 3 aromatic rings. The highest BCUT2D eigenvalue weighted by Gasteiger charge is 2.44. The molecule has 0 spiro atoms. The zero-order valence-corrected chi connectivity index (χ0v) is 26.3. The number of nitrogens with zero attached hydrogens (tertiary/aromatic N) is 2. The lowest BCUT2D eigenvalue weighted by atomic mass is 10.00. The first kappa shape index (κ1) is 32.1. The van der Waals surface area contributed by atoms with Crippen molar-refractivity contribution in [2.75, 3.05) is 38.2 Å². The van der Waals surface area contributed by atoms with Crippen LogP contribution in [0.3, 0.4) is 0 Å². The Labute approximate surface area is 261 Å². The molecule has 2 aliphatic rings. The number of rotatable bonds is 13. The number of benzene rings is 2. The molecule has 0 bridgehead atoms. The minimum atomic E-state index is -0.864. The van der Waals surface area contributed by atoms with Gasteiger partial charge < -0.3 is 29.4 Å².